The average Bonchev–Trinajstić information content (AvgIpc) is 2.14. The summed E-state index contributed by atoms with van der Waals surface area (Å²) < 4.78 is 27.2. The van der Waals surface area contributed by atoms with Crippen LogP contribution in [0.4, 0.5) is 0 Å². The number of ether oxygens (including phenoxy) is 1. The Bertz CT molecular complexity index is 535. The van der Waals surface area contributed by atoms with Crippen LogP contribution in [0.25, 0.3) is 0 Å². The Balaban J connectivity index is 3.63. The minimum atomic E-state index is -3.96. The van der Waals surface area contributed by atoms with Gasteiger partial charge in [0.05, 0.1) is 12.0 Å². The van der Waals surface area contributed by atoms with Gasteiger partial charge in [0.2, 0.25) is 0 Å². The van der Waals surface area contributed by atoms with Gasteiger partial charge in [-0.15, -0.1) is 0 Å². The first kappa shape index (κ1) is 12.8. The van der Waals surface area contributed by atoms with E-state index in [9.17, 15) is 13.2 Å². The fourth-order valence-electron chi connectivity index (χ4n) is 1.37. The van der Waals surface area contributed by atoms with E-state index in [2.05, 4.69) is 0 Å². The molecule has 0 radical (unpaired) electrons. The molecule has 0 heterocycles. The van der Waals surface area contributed by atoms with E-state index in [4.69, 9.17) is 20.5 Å². The topological polar surface area (TPSA) is 80.7 Å². The first-order valence-corrected chi connectivity index (χ1v) is 6.45. The van der Waals surface area contributed by atoms with Crippen LogP contribution in [0, 0.1) is 6.92 Å². The number of hydrogen-bond donors (Lipinski definition) is 1. The van der Waals surface area contributed by atoms with Crippen LogP contribution in [0.15, 0.2) is 17.0 Å². The third-order valence-corrected chi connectivity index (χ3v) is 3.54. The maximum Gasteiger partial charge on any atom is 0.339 e. The fraction of sp³-hybridized carbons (Fsp3) is 0.222. The Kier molecular flexibility index (Phi) is 3.44. The first-order chi connectivity index (χ1) is 7.29. The molecule has 1 N–H and O–H groups in total. The summed E-state index contributed by atoms with van der Waals surface area (Å²) in [6.45, 7) is 1.36. The maximum absolute atomic E-state index is 11.2. The predicted molar refractivity (Wildman–Crippen MR) is 57.7 cm³/mol. The quantitative estimate of drug-likeness (QED) is 0.839. The van der Waals surface area contributed by atoms with Crippen molar-refractivity contribution in [3.8, 4) is 5.75 Å². The van der Waals surface area contributed by atoms with Crippen LogP contribution in [0.5, 0.6) is 5.75 Å². The van der Waals surface area contributed by atoms with Gasteiger partial charge in [0.15, 0.2) is 0 Å². The highest BCUT2D eigenvalue weighted by molar-refractivity contribution is 8.13. The van der Waals surface area contributed by atoms with Gasteiger partial charge < -0.3 is 9.84 Å². The third kappa shape index (κ3) is 2.28. The standard InChI is InChI=1S/C9H9ClO5S/c1-5-7(16(10,13)14)4-3-6(15-2)8(5)9(11)12/h3-4H,1-2H3,(H,11,12). The van der Waals surface area contributed by atoms with Crippen LogP contribution in [0.3, 0.4) is 0 Å². The molecule has 0 saturated carbocycles. The van der Waals surface area contributed by atoms with E-state index in [1.807, 2.05) is 0 Å². The Morgan fingerprint density at radius 3 is 2.38 bits per heavy atom. The van der Waals surface area contributed by atoms with Crippen LogP contribution in [-0.4, -0.2) is 26.6 Å². The second kappa shape index (κ2) is 4.31. The Morgan fingerprint density at radius 2 is 2.00 bits per heavy atom. The first-order valence-electron chi connectivity index (χ1n) is 4.14. The fourth-order valence-corrected chi connectivity index (χ4v) is 2.57. The summed E-state index contributed by atoms with van der Waals surface area (Å²) in [5.74, 6) is -1.18. The zero-order valence-corrected chi connectivity index (χ0v) is 10.1. The van der Waals surface area contributed by atoms with Crippen LogP contribution < -0.4 is 4.74 Å². The Hall–Kier alpha value is -1.27. The highest BCUT2D eigenvalue weighted by Gasteiger charge is 2.22. The molecule has 88 valence electrons. The lowest BCUT2D eigenvalue weighted by Crippen LogP contribution is -2.07. The summed E-state index contributed by atoms with van der Waals surface area (Å²) in [7, 11) is 2.52. The van der Waals surface area contributed by atoms with E-state index in [1.165, 1.54) is 26.2 Å². The number of carboxylic acid groups (broad SMARTS) is 1. The smallest absolute Gasteiger partial charge is 0.339 e. The van der Waals surface area contributed by atoms with Gasteiger partial charge in [-0.05, 0) is 24.6 Å². The predicted octanol–water partition coefficient (Wildman–Crippen LogP) is 1.63. The number of carbonyl (C=O) groups is 1. The van der Waals surface area contributed by atoms with Crippen molar-refractivity contribution >= 4 is 25.7 Å². The van der Waals surface area contributed by atoms with E-state index in [-0.39, 0.29) is 21.8 Å². The van der Waals surface area contributed by atoms with Crippen LogP contribution in [0.1, 0.15) is 15.9 Å². The number of halogens is 1. The molecule has 0 aliphatic carbocycles. The maximum atomic E-state index is 11.2. The molecule has 0 saturated heterocycles. The highest BCUT2D eigenvalue weighted by Crippen LogP contribution is 2.29. The number of hydrogen-bond acceptors (Lipinski definition) is 4. The molecule has 1 aromatic carbocycles. The van der Waals surface area contributed by atoms with Crippen molar-refractivity contribution in [1.29, 1.82) is 0 Å². The average molecular weight is 265 g/mol. The van der Waals surface area contributed by atoms with E-state index in [1.54, 1.807) is 0 Å². The molecule has 1 aromatic rings. The molecule has 0 unspecified atom stereocenters. The van der Waals surface area contributed by atoms with Gasteiger partial charge in [0.25, 0.3) is 9.05 Å². The van der Waals surface area contributed by atoms with Crippen molar-refractivity contribution in [3.63, 3.8) is 0 Å². The molecule has 5 nitrogen and oxygen atoms in total. The minimum Gasteiger partial charge on any atom is -0.496 e. The van der Waals surface area contributed by atoms with Gasteiger partial charge in [-0.25, -0.2) is 13.2 Å². The lowest BCUT2D eigenvalue weighted by atomic mass is 10.1. The molecule has 0 atom stereocenters. The van der Waals surface area contributed by atoms with Crippen LogP contribution >= 0.6 is 10.7 Å². The van der Waals surface area contributed by atoms with Gasteiger partial charge in [-0.1, -0.05) is 0 Å². The molecule has 0 fully saturated rings. The Labute approximate surface area is 97.0 Å². The molecule has 0 spiro atoms. The molecular formula is C9H9ClO5S. The molecule has 1 rings (SSSR count). The molecule has 0 aromatic heterocycles. The van der Waals surface area contributed by atoms with Gasteiger partial charge in [-0.3, -0.25) is 0 Å². The molecule has 16 heavy (non-hydrogen) atoms. The summed E-state index contributed by atoms with van der Waals surface area (Å²) >= 11 is 0. The molecule has 0 aliphatic heterocycles. The van der Waals surface area contributed by atoms with Crippen molar-refractivity contribution in [2.75, 3.05) is 7.11 Å². The Morgan fingerprint density at radius 1 is 1.44 bits per heavy atom. The second-order valence-corrected chi connectivity index (χ2v) is 5.54. The number of aromatic carboxylic acids is 1. The molecule has 0 aliphatic rings. The molecule has 0 bridgehead atoms. The number of rotatable bonds is 3. The van der Waals surface area contributed by atoms with Crippen molar-refractivity contribution in [1.82, 2.24) is 0 Å². The molecule has 0 amide bonds. The van der Waals surface area contributed by atoms with Crippen molar-refractivity contribution < 1.29 is 23.1 Å². The summed E-state index contributed by atoms with van der Waals surface area (Å²) in [4.78, 5) is 10.7. The van der Waals surface area contributed by atoms with Gasteiger partial charge in [0, 0.05) is 10.7 Å². The number of carboxylic acids is 1. The third-order valence-electron chi connectivity index (χ3n) is 2.07. The summed E-state index contributed by atoms with van der Waals surface area (Å²) in [5, 5.41) is 8.95. The minimum absolute atomic E-state index is 0.0573. The monoisotopic (exact) mass is 264 g/mol. The van der Waals surface area contributed by atoms with Crippen molar-refractivity contribution in [3.05, 3.63) is 23.3 Å². The lowest BCUT2D eigenvalue weighted by Gasteiger charge is -2.10. The normalized spacial score (nSPS) is 11.2. The lowest BCUT2D eigenvalue weighted by molar-refractivity contribution is 0.0692. The number of benzene rings is 1. The van der Waals surface area contributed by atoms with Crippen LogP contribution in [0.2, 0.25) is 0 Å². The zero-order chi connectivity index (χ0) is 12.5. The van der Waals surface area contributed by atoms with Gasteiger partial charge in [-0.2, -0.15) is 0 Å². The van der Waals surface area contributed by atoms with Crippen molar-refractivity contribution in [2.45, 2.75) is 11.8 Å². The van der Waals surface area contributed by atoms with E-state index >= 15 is 0 Å². The zero-order valence-electron chi connectivity index (χ0n) is 8.52. The second-order valence-electron chi connectivity index (χ2n) is 3.01. The number of methoxy groups -OCH3 is 1. The van der Waals surface area contributed by atoms with E-state index in [0.717, 1.165) is 0 Å². The summed E-state index contributed by atoms with van der Waals surface area (Å²) in [5.41, 5.74) is -0.147. The van der Waals surface area contributed by atoms with Gasteiger partial charge in [0.1, 0.15) is 11.3 Å². The van der Waals surface area contributed by atoms with Crippen molar-refractivity contribution in [2.24, 2.45) is 0 Å². The highest BCUT2D eigenvalue weighted by atomic mass is 35.7. The van der Waals surface area contributed by atoms with Gasteiger partial charge >= 0.3 is 5.97 Å². The largest absolute Gasteiger partial charge is 0.496 e. The summed E-state index contributed by atoms with van der Waals surface area (Å²) in [6, 6.07) is 2.47. The van der Waals surface area contributed by atoms with E-state index < -0.39 is 15.0 Å². The SMILES string of the molecule is COc1ccc(S(=O)(=O)Cl)c(C)c1C(=O)O. The molecular weight excluding hydrogens is 256 g/mol. The summed E-state index contributed by atoms with van der Waals surface area (Å²) in [6.07, 6.45) is 0. The van der Waals surface area contributed by atoms with E-state index in [0.29, 0.717) is 0 Å². The molecule has 7 heteroatoms. The van der Waals surface area contributed by atoms with Crippen LogP contribution in [-0.2, 0) is 9.05 Å².